The SMILES string of the molecule is CC(C)OC(=O)c1ccc(N2C(=O)[C@@H]3[C@H](C2=O)[C@H]2C=C[C@H]3C2=C(c2ccccc2)c2ccccc2)cc1. The summed E-state index contributed by atoms with van der Waals surface area (Å²) in [6, 6.07) is 26.9. The second kappa shape index (κ2) is 9.00. The highest BCUT2D eigenvalue weighted by molar-refractivity contribution is 6.23. The van der Waals surface area contributed by atoms with Gasteiger partial charge in [-0.2, -0.15) is 0 Å². The summed E-state index contributed by atoms with van der Waals surface area (Å²) in [4.78, 5) is 41.0. The number of carbonyl (C=O) groups excluding carboxylic acids is 3. The summed E-state index contributed by atoms with van der Waals surface area (Å²) in [6.45, 7) is 3.58. The molecule has 1 aliphatic heterocycles. The van der Waals surface area contributed by atoms with Crippen molar-refractivity contribution in [2.45, 2.75) is 20.0 Å². The molecule has 4 atom stereocenters. The van der Waals surface area contributed by atoms with E-state index in [1.165, 1.54) is 4.90 Å². The van der Waals surface area contributed by atoms with Crippen molar-refractivity contribution in [3.63, 3.8) is 0 Å². The van der Waals surface area contributed by atoms with Crippen molar-refractivity contribution < 1.29 is 19.1 Å². The lowest BCUT2D eigenvalue weighted by molar-refractivity contribution is -0.122. The van der Waals surface area contributed by atoms with Crippen LogP contribution >= 0.6 is 0 Å². The summed E-state index contributed by atoms with van der Waals surface area (Å²) >= 11 is 0. The Labute approximate surface area is 216 Å². The Bertz CT molecular complexity index is 1360. The minimum Gasteiger partial charge on any atom is -0.459 e. The van der Waals surface area contributed by atoms with Gasteiger partial charge in [-0.15, -0.1) is 0 Å². The van der Waals surface area contributed by atoms with Crippen molar-refractivity contribution in [1.82, 2.24) is 0 Å². The minimum absolute atomic E-state index is 0.132. The predicted molar refractivity (Wildman–Crippen MR) is 141 cm³/mol. The van der Waals surface area contributed by atoms with Gasteiger partial charge in [-0.1, -0.05) is 72.8 Å². The molecule has 2 amide bonds. The minimum atomic E-state index is -0.427. The molecule has 5 heteroatoms. The molecule has 37 heavy (non-hydrogen) atoms. The van der Waals surface area contributed by atoms with Crippen LogP contribution in [0.15, 0.2) is 103 Å². The molecule has 1 heterocycles. The fraction of sp³-hybridized carbons (Fsp3) is 0.219. The summed E-state index contributed by atoms with van der Waals surface area (Å²) in [5, 5.41) is 0. The van der Waals surface area contributed by atoms with Crippen LogP contribution in [0, 0.1) is 23.7 Å². The maximum absolute atomic E-state index is 13.8. The third-order valence-electron chi connectivity index (χ3n) is 7.53. The number of anilines is 1. The molecule has 0 spiro atoms. The van der Waals surface area contributed by atoms with Gasteiger partial charge >= 0.3 is 5.97 Å². The highest BCUT2D eigenvalue weighted by atomic mass is 16.5. The molecule has 0 radical (unpaired) electrons. The van der Waals surface area contributed by atoms with Gasteiger partial charge < -0.3 is 4.74 Å². The molecule has 1 saturated heterocycles. The van der Waals surface area contributed by atoms with Crippen LogP contribution in [0.2, 0.25) is 0 Å². The summed E-state index contributed by atoms with van der Waals surface area (Å²) in [5.41, 5.74) is 5.31. The maximum Gasteiger partial charge on any atom is 0.338 e. The summed E-state index contributed by atoms with van der Waals surface area (Å²) < 4.78 is 5.25. The Morgan fingerprint density at radius 2 is 1.19 bits per heavy atom. The Morgan fingerprint density at radius 1 is 0.703 bits per heavy atom. The number of nitrogens with zero attached hydrogens (tertiary/aromatic N) is 1. The monoisotopic (exact) mass is 489 g/mol. The van der Waals surface area contributed by atoms with E-state index in [0.29, 0.717) is 11.3 Å². The largest absolute Gasteiger partial charge is 0.459 e. The van der Waals surface area contributed by atoms with Gasteiger partial charge in [0.15, 0.2) is 0 Å². The number of ether oxygens (including phenoxy) is 1. The average molecular weight is 490 g/mol. The Balaban J connectivity index is 1.37. The van der Waals surface area contributed by atoms with Gasteiger partial charge in [0.25, 0.3) is 0 Å². The molecule has 3 aromatic carbocycles. The first-order valence-electron chi connectivity index (χ1n) is 12.7. The number of rotatable bonds is 5. The third kappa shape index (κ3) is 3.73. The van der Waals surface area contributed by atoms with E-state index in [1.807, 2.05) is 36.4 Å². The predicted octanol–water partition coefficient (Wildman–Crippen LogP) is 5.68. The molecule has 0 aromatic heterocycles. The lowest BCUT2D eigenvalue weighted by atomic mass is 9.85. The van der Waals surface area contributed by atoms with Gasteiger partial charge in [0.05, 0.1) is 29.2 Å². The topological polar surface area (TPSA) is 63.7 Å². The molecular formula is C32H27NO4. The molecule has 3 aromatic rings. The highest BCUT2D eigenvalue weighted by Crippen LogP contribution is 2.58. The first-order valence-corrected chi connectivity index (χ1v) is 12.7. The van der Waals surface area contributed by atoms with Crippen molar-refractivity contribution in [3.05, 3.63) is 119 Å². The van der Waals surface area contributed by atoms with Crippen LogP contribution in [0.25, 0.3) is 5.57 Å². The van der Waals surface area contributed by atoms with Crippen LogP contribution in [0.3, 0.4) is 0 Å². The van der Waals surface area contributed by atoms with E-state index in [-0.39, 0.29) is 29.8 Å². The second-order valence-corrected chi connectivity index (χ2v) is 10.1. The quantitative estimate of drug-likeness (QED) is 0.263. The zero-order valence-electron chi connectivity index (χ0n) is 20.7. The zero-order valence-corrected chi connectivity index (χ0v) is 20.7. The third-order valence-corrected chi connectivity index (χ3v) is 7.53. The number of benzene rings is 3. The van der Waals surface area contributed by atoms with E-state index in [0.717, 1.165) is 22.3 Å². The Kier molecular flexibility index (Phi) is 5.64. The molecule has 6 rings (SSSR count). The lowest BCUT2D eigenvalue weighted by Gasteiger charge is -2.21. The summed E-state index contributed by atoms with van der Waals surface area (Å²) in [6.07, 6.45) is 3.98. The van der Waals surface area contributed by atoms with E-state index in [4.69, 9.17) is 4.74 Å². The average Bonchev–Trinajstić information content (AvgIpc) is 3.54. The van der Waals surface area contributed by atoms with E-state index in [2.05, 4.69) is 36.4 Å². The number of hydrogen-bond acceptors (Lipinski definition) is 4. The molecule has 0 unspecified atom stereocenters. The fourth-order valence-corrected chi connectivity index (χ4v) is 6.09. The molecule has 2 aliphatic carbocycles. The van der Waals surface area contributed by atoms with Crippen LogP contribution in [0.5, 0.6) is 0 Å². The maximum atomic E-state index is 13.8. The standard InChI is InChI=1S/C32H27NO4/c1-19(2)37-32(36)22-13-15-23(16-14-22)33-30(34)28-24-17-18-25(29(28)31(33)35)27(24)26(20-9-5-3-6-10-20)21-11-7-4-8-12-21/h3-19,24-25,28-29H,1-2H3/t24-,25-,28-,29+/m0/s1. The number of fused-ring (bicyclic) bond motifs is 5. The van der Waals surface area contributed by atoms with Crippen molar-refractivity contribution in [2.75, 3.05) is 4.90 Å². The number of hydrogen-bond donors (Lipinski definition) is 0. The van der Waals surface area contributed by atoms with E-state index >= 15 is 0 Å². The fourth-order valence-electron chi connectivity index (χ4n) is 6.09. The van der Waals surface area contributed by atoms with Gasteiger partial charge in [-0.3, -0.25) is 9.59 Å². The smallest absolute Gasteiger partial charge is 0.338 e. The van der Waals surface area contributed by atoms with Gasteiger partial charge in [0.2, 0.25) is 11.8 Å². The van der Waals surface area contributed by atoms with Gasteiger partial charge in [0, 0.05) is 11.8 Å². The van der Waals surface area contributed by atoms with Crippen LogP contribution < -0.4 is 4.90 Å². The van der Waals surface area contributed by atoms with Gasteiger partial charge in [0.1, 0.15) is 0 Å². The zero-order chi connectivity index (χ0) is 25.7. The Morgan fingerprint density at radius 3 is 1.65 bits per heavy atom. The Hall–Kier alpha value is -4.25. The molecule has 2 fully saturated rings. The van der Waals surface area contributed by atoms with Crippen molar-refractivity contribution >= 4 is 29.0 Å². The highest BCUT2D eigenvalue weighted by Gasteiger charge is 2.62. The second-order valence-electron chi connectivity index (χ2n) is 10.1. The number of amides is 2. The first kappa shape index (κ1) is 23.2. The van der Waals surface area contributed by atoms with Crippen LogP contribution in [-0.2, 0) is 14.3 Å². The molecular weight excluding hydrogens is 462 g/mol. The molecule has 1 saturated carbocycles. The van der Waals surface area contributed by atoms with Gasteiger partial charge in [-0.25, -0.2) is 9.69 Å². The number of allylic oxidation sites excluding steroid dienone is 3. The van der Waals surface area contributed by atoms with Crippen LogP contribution in [0.1, 0.15) is 35.3 Å². The first-order chi connectivity index (χ1) is 18.0. The van der Waals surface area contributed by atoms with Gasteiger partial charge in [-0.05, 0) is 60.4 Å². The van der Waals surface area contributed by atoms with E-state index < -0.39 is 17.8 Å². The van der Waals surface area contributed by atoms with Crippen molar-refractivity contribution in [1.29, 1.82) is 0 Å². The summed E-state index contributed by atoms with van der Waals surface area (Å²) in [7, 11) is 0. The van der Waals surface area contributed by atoms with Crippen molar-refractivity contribution in [2.24, 2.45) is 23.7 Å². The molecule has 184 valence electrons. The normalized spacial score (nSPS) is 23.6. The summed E-state index contributed by atoms with van der Waals surface area (Å²) in [5.74, 6) is -1.90. The molecule has 3 aliphatic rings. The number of imide groups is 1. The lowest BCUT2D eigenvalue weighted by Crippen LogP contribution is -2.33. The van der Waals surface area contributed by atoms with E-state index in [9.17, 15) is 14.4 Å². The molecule has 2 bridgehead atoms. The molecule has 5 nitrogen and oxygen atoms in total. The molecule has 0 N–H and O–H groups in total. The van der Waals surface area contributed by atoms with E-state index in [1.54, 1.807) is 38.1 Å². The van der Waals surface area contributed by atoms with Crippen LogP contribution in [0.4, 0.5) is 5.69 Å². The number of esters is 1. The number of carbonyl (C=O) groups is 3. The van der Waals surface area contributed by atoms with Crippen molar-refractivity contribution in [3.8, 4) is 0 Å². The van der Waals surface area contributed by atoms with Crippen LogP contribution in [-0.4, -0.2) is 23.9 Å².